The van der Waals surface area contributed by atoms with E-state index < -0.39 is 0 Å². The third kappa shape index (κ3) is 2.64. The van der Waals surface area contributed by atoms with Gasteiger partial charge in [-0.25, -0.2) is 0 Å². The Labute approximate surface area is 121 Å². The fraction of sp³-hybridized carbons (Fsp3) is 0.333. The summed E-state index contributed by atoms with van der Waals surface area (Å²) >= 11 is 0. The maximum atomic E-state index is 3.59. The van der Waals surface area contributed by atoms with Crippen LogP contribution >= 0.6 is 0 Å². The largest absolute Gasteiger partial charge is 0.384 e. The van der Waals surface area contributed by atoms with Crippen molar-refractivity contribution in [1.29, 1.82) is 0 Å². The van der Waals surface area contributed by atoms with Crippen LogP contribution in [-0.4, -0.2) is 20.6 Å². The summed E-state index contributed by atoms with van der Waals surface area (Å²) in [7, 11) is 4.13. The van der Waals surface area contributed by atoms with Gasteiger partial charge in [-0.15, -0.1) is 0 Å². The van der Waals surface area contributed by atoms with Gasteiger partial charge in [0.1, 0.15) is 0 Å². The van der Waals surface area contributed by atoms with Gasteiger partial charge in [0.05, 0.1) is 0 Å². The molecule has 1 aliphatic carbocycles. The van der Waals surface area contributed by atoms with Crippen molar-refractivity contribution in [1.82, 2.24) is 0 Å². The lowest BCUT2D eigenvalue weighted by molar-refractivity contribution is 0.733. The molecule has 1 saturated carbocycles. The molecule has 0 radical (unpaired) electrons. The van der Waals surface area contributed by atoms with Crippen LogP contribution in [0, 0.1) is 0 Å². The van der Waals surface area contributed by atoms with Gasteiger partial charge < -0.3 is 10.2 Å². The molecule has 2 aromatic rings. The summed E-state index contributed by atoms with van der Waals surface area (Å²) in [5, 5.41) is 3.59. The molecule has 3 rings (SSSR count). The van der Waals surface area contributed by atoms with Crippen LogP contribution in [0.1, 0.15) is 18.4 Å². The third-order valence-electron chi connectivity index (χ3n) is 4.25. The fourth-order valence-corrected chi connectivity index (χ4v) is 2.66. The molecule has 0 amide bonds. The van der Waals surface area contributed by atoms with Gasteiger partial charge in [0.25, 0.3) is 0 Å². The lowest BCUT2D eigenvalue weighted by Crippen LogP contribution is -2.19. The minimum atomic E-state index is 0.363. The zero-order valence-corrected chi connectivity index (χ0v) is 12.3. The second kappa shape index (κ2) is 5.20. The molecule has 0 bridgehead atoms. The number of hydrogen-bond donors (Lipinski definition) is 1. The van der Waals surface area contributed by atoms with Gasteiger partial charge in [-0.1, -0.05) is 30.3 Å². The minimum absolute atomic E-state index is 0.363. The first kappa shape index (κ1) is 13.0. The minimum Gasteiger partial charge on any atom is -0.384 e. The molecule has 0 spiro atoms. The molecule has 2 nitrogen and oxygen atoms in total. The molecule has 0 aromatic heterocycles. The monoisotopic (exact) mass is 266 g/mol. The summed E-state index contributed by atoms with van der Waals surface area (Å²) in [6.07, 6.45) is 2.58. The Kier molecular flexibility index (Phi) is 3.39. The Morgan fingerprint density at radius 3 is 2.15 bits per heavy atom. The van der Waals surface area contributed by atoms with Gasteiger partial charge in [-0.2, -0.15) is 0 Å². The van der Waals surface area contributed by atoms with E-state index in [1.165, 1.54) is 29.8 Å². The molecule has 1 fully saturated rings. The Morgan fingerprint density at radius 1 is 0.950 bits per heavy atom. The molecule has 0 aliphatic heterocycles. The highest BCUT2D eigenvalue weighted by molar-refractivity contribution is 5.55. The average Bonchev–Trinajstić information content (AvgIpc) is 3.28. The lowest BCUT2D eigenvalue weighted by atomic mass is 9.96. The van der Waals surface area contributed by atoms with E-state index >= 15 is 0 Å². The van der Waals surface area contributed by atoms with Gasteiger partial charge in [0.2, 0.25) is 0 Å². The first-order chi connectivity index (χ1) is 9.70. The van der Waals surface area contributed by atoms with E-state index in [9.17, 15) is 0 Å². The number of anilines is 2. The van der Waals surface area contributed by atoms with Crippen molar-refractivity contribution in [2.75, 3.05) is 30.9 Å². The molecular weight excluding hydrogens is 244 g/mol. The number of hydrogen-bond acceptors (Lipinski definition) is 2. The topological polar surface area (TPSA) is 15.3 Å². The van der Waals surface area contributed by atoms with Gasteiger partial charge in [-0.3, -0.25) is 0 Å². The maximum absolute atomic E-state index is 3.59. The molecule has 1 aliphatic rings. The number of benzene rings is 2. The normalized spacial score (nSPS) is 15.7. The SMILES string of the molecule is CN(C)c1ccc(NCC2(c3ccccc3)CC2)cc1. The Morgan fingerprint density at radius 2 is 1.60 bits per heavy atom. The summed E-state index contributed by atoms with van der Waals surface area (Å²) in [5.41, 5.74) is 4.27. The number of rotatable bonds is 5. The quantitative estimate of drug-likeness (QED) is 0.883. The van der Waals surface area contributed by atoms with Crippen LogP contribution in [0.5, 0.6) is 0 Å². The second-order valence-corrected chi connectivity index (χ2v) is 5.94. The molecule has 0 heterocycles. The van der Waals surface area contributed by atoms with Crippen LogP contribution in [-0.2, 0) is 5.41 Å². The first-order valence-electron chi connectivity index (χ1n) is 7.26. The van der Waals surface area contributed by atoms with E-state index in [1.54, 1.807) is 0 Å². The van der Waals surface area contributed by atoms with Crippen molar-refractivity contribution in [2.45, 2.75) is 18.3 Å². The van der Waals surface area contributed by atoms with E-state index in [-0.39, 0.29) is 0 Å². The molecular formula is C18H22N2. The van der Waals surface area contributed by atoms with Crippen LogP contribution < -0.4 is 10.2 Å². The lowest BCUT2D eigenvalue weighted by Gasteiger charge is -2.18. The van der Waals surface area contributed by atoms with Crippen LogP contribution in [0.3, 0.4) is 0 Å². The standard InChI is InChI=1S/C18H22N2/c1-20(2)17-10-8-16(9-11-17)19-14-18(12-13-18)15-6-4-3-5-7-15/h3-11,19H,12-14H2,1-2H3. The molecule has 104 valence electrons. The molecule has 1 N–H and O–H groups in total. The predicted molar refractivity (Wildman–Crippen MR) is 86.6 cm³/mol. The molecule has 2 heteroatoms. The summed E-state index contributed by atoms with van der Waals surface area (Å²) in [6.45, 7) is 1.03. The molecule has 0 unspecified atom stereocenters. The van der Waals surface area contributed by atoms with Gasteiger partial charge in [0, 0.05) is 37.4 Å². The van der Waals surface area contributed by atoms with Gasteiger partial charge >= 0.3 is 0 Å². The Bertz CT molecular complexity index is 554. The van der Waals surface area contributed by atoms with Crippen molar-refractivity contribution in [3.63, 3.8) is 0 Å². The number of nitrogens with one attached hydrogen (secondary N) is 1. The van der Waals surface area contributed by atoms with Crippen LogP contribution in [0.4, 0.5) is 11.4 Å². The van der Waals surface area contributed by atoms with E-state index in [2.05, 4.69) is 78.9 Å². The van der Waals surface area contributed by atoms with Gasteiger partial charge in [0.15, 0.2) is 0 Å². The highest BCUT2D eigenvalue weighted by atomic mass is 15.1. The zero-order chi connectivity index (χ0) is 14.0. The second-order valence-electron chi connectivity index (χ2n) is 5.94. The molecule has 2 aromatic carbocycles. The molecule has 0 saturated heterocycles. The maximum Gasteiger partial charge on any atom is 0.0362 e. The summed E-state index contributed by atoms with van der Waals surface area (Å²) in [5.74, 6) is 0. The van der Waals surface area contributed by atoms with E-state index in [0.717, 1.165) is 6.54 Å². The Balaban J connectivity index is 1.65. The van der Waals surface area contributed by atoms with Crippen molar-refractivity contribution < 1.29 is 0 Å². The third-order valence-corrected chi connectivity index (χ3v) is 4.25. The zero-order valence-electron chi connectivity index (χ0n) is 12.3. The van der Waals surface area contributed by atoms with E-state index in [1.807, 2.05) is 0 Å². The van der Waals surface area contributed by atoms with E-state index in [4.69, 9.17) is 0 Å². The highest BCUT2D eigenvalue weighted by Gasteiger charge is 2.43. The fourth-order valence-electron chi connectivity index (χ4n) is 2.66. The summed E-state index contributed by atoms with van der Waals surface area (Å²) < 4.78 is 0. The van der Waals surface area contributed by atoms with Crippen molar-refractivity contribution in [2.24, 2.45) is 0 Å². The van der Waals surface area contributed by atoms with Crippen molar-refractivity contribution >= 4 is 11.4 Å². The Hall–Kier alpha value is -1.96. The van der Waals surface area contributed by atoms with Crippen LogP contribution in [0.15, 0.2) is 54.6 Å². The summed E-state index contributed by atoms with van der Waals surface area (Å²) in [6, 6.07) is 19.5. The summed E-state index contributed by atoms with van der Waals surface area (Å²) in [4.78, 5) is 2.12. The highest BCUT2D eigenvalue weighted by Crippen LogP contribution is 2.48. The van der Waals surface area contributed by atoms with Crippen molar-refractivity contribution in [3.8, 4) is 0 Å². The van der Waals surface area contributed by atoms with Gasteiger partial charge in [-0.05, 0) is 42.7 Å². The van der Waals surface area contributed by atoms with Crippen LogP contribution in [0.25, 0.3) is 0 Å². The molecule has 20 heavy (non-hydrogen) atoms. The molecule has 0 atom stereocenters. The van der Waals surface area contributed by atoms with E-state index in [0.29, 0.717) is 5.41 Å². The smallest absolute Gasteiger partial charge is 0.0362 e. The average molecular weight is 266 g/mol. The predicted octanol–water partition coefficient (Wildman–Crippen LogP) is 3.90. The van der Waals surface area contributed by atoms with Crippen molar-refractivity contribution in [3.05, 3.63) is 60.2 Å². The number of nitrogens with zero attached hydrogens (tertiary/aromatic N) is 1. The van der Waals surface area contributed by atoms with Crippen LogP contribution in [0.2, 0.25) is 0 Å². The first-order valence-corrected chi connectivity index (χ1v) is 7.26.